The van der Waals surface area contributed by atoms with Crippen LogP contribution in [0.4, 0.5) is 0 Å². The van der Waals surface area contributed by atoms with Crippen LogP contribution in [0.3, 0.4) is 0 Å². The fraction of sp³-hybridized carbons (Fsp3) is 0.321. The first-order valence-corrected chi connectivity index (χ1v) is 12.7. The first-order chi connectivity index (χ1) is 18.5. The zero-order valence-electron chi connectivity index (χ0n) is 21.3. The van der Waals surface area contributed by atoms with Gasteiger partial charge in [0, 0.05) is 18.4 Å². The van der Waals surface area contributed by atoms with Crippen LogP contribution < -0.4 is 15.8 Å². The van der Waals surface area contributed by atoms with Gasteiger partial charge in [0.25, 0.3) is 11.5 Å². The molecule has 1 amide bonds. The molecule has 0 unspecified atom stereocenters. The van der Waals surface area contributed by atoms with Crippen LogP contribution in [0.2, 0.25) is 0 Å². The van der Waals surface area contributed by atoms with E-state index in [1.54, 1.807) is 60.2 Å². The van der Waals surface area contributed by atoms with Gasteiger partial charge in [-0.1, -0.05) is 6.07 Å². The lowest BCUT2D eigenvalue weighted by Crippen LogP contribution is -2.35. The first kappa shape index (κ1) is 25.3. The van der Waals surface area contributed by atoms with Gasteiger partial charge in [-0.05, 0) is 69.2 Å². The summed E-state index contributed by atoms with van der Waals surface area (Å²) in [6, 6.07) is 13.3. The Labute approximate surface area is 218 Å². The number of pyridine rings is 2. The second kappa shape index (κ2) is 11.0. The van der Waals surface area contributed by atoms with Crippen molar-refractivity contribution in [2.75, 3.05) is 19.8 Å². The maximum absolute atomic E-state index is 13.5. The highest BCUT2D eigenvalue weighted by Gasteiger charge is 2.24. The van der Waals surface area contributed by atoms with Crippen LogP contribution in [0.5, 0.6) is 5.75 Å². The number of aromatic nitrogens is 3. The molecular formula is C28H28N4O6. The third kappa shape index (κ3) is 4.95. The van der Waals surface area contributed by atoms with Crippen LogP contribution in [-0.4, -0.2) is 51.8 Å². The predicted molar refractivity (Wildman–Crippen MR) is 139 cm³/mol. The highest BCUT2D eigenvalue weighted by atomic mass is 16.5. The Morgan fingerprint density at radius 2 is 1.95 bits per heavy atom. The number of carbonyl (C=O) groups excluding carboxylic acids is 2. The smallest absolute Gasteiger partial charge is 0.341 e. The molecule has 0 radical (unpaired) electrons. The van der Waals surface area contributed by atoms with E-state index in [-0.39, 0.29) is 41.3 Å². The Kier molecular flexibility index (Phi) is 7.32. The molecule has 0 spiro atoms. The van der Waals surface area contributed by atoms with E-state index < -0.39 is 11.9 Å². The number of benzene rings is 1. The van der Waals surface area contributed by atoms with E-state index in [0.717, 1.165) is 12.8 Å². The minimum atomic E-state index is -0.689. The van der Waals surface area contributed by atoms with Crippen LogP contribution in [0.15, 0.2) is 64.5 Å². The van der Waals surface area contributed by atoms with Gasteiger partial charge >= 0.3 is 5.97 Å². The van der Waals surface area contributed by atoms with Crippen molar-refractivity contribution in [3.63, 3.8) is 0 Å². The van der Waals surface area contributed by atoms with E-state index in [9.17, 15) is 14.4 Å². The Balaban J connectivity index is 1.79. The number of amides is 1. The van der Waals surface area contributed by atoms with E-state index in [1.165, 1.54) is 10.5 Å². The number of hydrogen-bond donors (Lipinski definition) is 0. The molecule has 0 bridgehead atoms. The second-order valence-corrected chi connectivity index (χ2v) is 8.81. The monoisotopic (exact) mass is 516 g/mol. The number of esters is 1. The summed E-state index contributed by atoms with van der Waals surface area (Å²) in [5, 5.41) is 0.210. The Morgan fingerprint density at radius 3 is 2.66 bits per heavy atom. The van der Waals surface area contributed by atoms with E-state index in [0.29, 0.717) is 35.8 Å². The van der Waals surface area contributed by atoms with Crippen molar-refractivity contribution < 1.29 is 23.8 Å². The second-order valence-electron chi connectivity index (χ2n) is 8.81. The summed E-state index contributed by atoms with van der Waals surface area (Å²) in [5.74, 6) is -0.616. The van der Waals surface area contributed by atoms with Crippen molar-refractivity contribution in [1.82, 2.24) is 14.0 Å². The molecule has 1 aliphatic heterocycles. The van der Waals surface area contributed by atoms with Gasteiger partial charge in [-0.25, -0.2) is 9.78 Å². The predicted octanol–water partition coefficient (Wildman–Crippen LogP) is 3.14. The zero-order chi connectivity index (χ0) is 26.6. The van der Waals surface area contributed by atoms with Gasteiger partial charge in [0.1, 0.15) is 22.6 Å². The number of fused-ring (bicyclic) bond motifs is 2. The Bertz CT molecular complexity index is 1630. The number of carbonyl (C=O) groups is 2. The molecule has 1 fully saturated rings. The van der Waals surface area contributed by atoms with E-state index in [4.69, 9.17) is 19.2 Å². The lowest BCUT2D eigenvalue weighted by atomic mass is 10.1. The van der Waals surface area contributed by atoms with Crippen molar-refractivity contribution in [3.8, 4) is 5.75 Å². The summed E-state index contributed by atoms with van der Waals surface area (Å²) in [7, 11) is 0. The summed E-state index contributed by atoms with van der Waals surface area (Å²) < 4.78 is 19.7. The molecule has 4 aromatic rings. The molecule has 10 nitrogen and oxygen atoms in total. The van der Waals surface area contributed by atoms with Crippen molar-refractivity contribution >= 4 is 28.6 Å². The quantitative estimate of drug-likeness (QED) is 0.274. The molecule has 4 heterocycles. The highest BCUT2D eigenvalue weighted by Crippen LogP contribution is 2.18. The summed E-state index contributed by atoms with van der Waals surface area (Å²) >= 11 is 0. The van der Waals surface area contributed by atoms with Gasteiger partial charge in [0.15, 0.2) is 5.49 Å². The molecule has 3 aromatic heterocycles. The van der Waals surface area contributed by atoms with Crippen LogP contribution in [0.25, 0.3) is 16.7 Å². The lowest BCUT2D eigenvalue weighted by molar-refractivity contribution is 0.0521. The van der Waals surface area contributed by atoms with Crippen LogP contribution >= 0.6 is 0 Å². The van der Waals surface area contributed by atoms with Crippen LogP contribution in [0.1, 0.15) is 47.4 Å². The topological polar surface area (TPSA) is 113 Å². The summed E-state index contributed by atoms with van der Waals surface area (Å²) in [6.07, 6.45) is 3.10. The van der Waals surface area contributed by atoms with Crippen LogP contribution in [-0.2, 0) is 16.0 Å². The summed E-state index contributed by atoms with van der Waals surface area (Å²) in [5.41, 5.74) is 0.783. The largest absolute Gasteiger partial charge is 0.494 e. The SMILES string of the molecule is CCOC(=O)c1cc2c(=O)n3ccccc3nc2n(C[C@H]2CCCO2)c1=NC(=O)c1ccc(OCC)cc1. The van der Waals surface area contributed by atoms with E-state index >= 15 is 0 Å². The minimum Gasteiger partial charge on any atom is -0.494 e. The van der Waals surface area contributed by atoms with Gasteiger partial charge in [0.2, 0.25) is 0 Å². The average Bonchev–Trinajstić information content (AvgIpc) is 3.44. The number of rotatable bonds is 7. The first-order valence-electron chi connectivity index (χ1n) is 12.7. The van der Waals surface area contributed by atoms with Gasteiger partial charge in [-0.15, -0.1) is 0 Å². The highest BCUT2D eigenvalue weighted by molar-refractivity contribution is 5.97. The molecule has 38 heavy (non-hydrogen) atoms. The zero-order valence-corrected chi connectivity index (χ0v) is 21.3. The Hall–Kier alpha value is -4.31. The van der Waals surface area contributed by atoms with E-state index in [1.807, 2.05) is 6.92 Å². The third-order valence-electron chi connectivity index (χ3n) is 6.32. The molecule has 1 atom stereocenters. The molecule has 0 aliphatic carbocycles. The van der Waals surface area contributed by atoms with Gasteiger partial charge in [-0.2, -0.15) is 4.99 Å². The molecule has 1 aromatic carbocycles. The molecule has 5 rings (SSSR count). The summed E-state index contributed by atoms with van der Waals surface area (Å²) in [4.78, 5) is 49.0. The fourth-order valence-electron chi connectivity index (χ4n) is 4.54. The molecule has 10 heteroatoms. The van der Waals surface area contributed by atoms with Crippen molar-refractivity contribution in [2.24, 2.45) is 4.99 Å². The fourth-order valence-corrected chi connectivity index (χ4v) is 4.54. The maximum Gasteiger partial charge on any atom is 0.341 e. The average molecular weight is 517 g/mol. The van der Waals surface area contributed by atoms with Crippen molar-refractivity contribution in [3.05, 3.63) is 81.7 Å². The maximum atomic E-state index is 13.5. The molecule has 196 valence electrons. The van der Waals surface area contributed by atoms with Crippen molar-refractivity contribution in [2.45, 2.75) is 39.3 Å². The number of hydrogen-bond acceptors (Lipinski definition) is 7. The minimum absolute atomic E-state index is 0.00594. The molecular weight excluding hydrogens is 488 g/mol. The standard InChI is InChI=1S/C28H28N4O6/c1-3-36-19-12-10-18(11-13-19)26(33)30-25-22(28(35)37-4-2)16-21-24(32(25)17-20-8-7-15-38-20)29-23-9-5-6-14-31(23)27(21)34/h5-6,9-14,16,20H,3-4,7-8,15,17H2,1-2H3/t20-/m1/s1. The van der Waals surface area contributed by atoms with Crippen LogP contribution in [0, 0.1) is 0 Å². The molecule has 0 saturated carbocycles. The number of nitrogens with zero attached hydrogens (tertiary/aromatic N) is 4. The summed E-state index contributed by atoms with van der Waals surface area (Å²) in [6.45, 7) is 5.05. The Morgan fingerprint density at radius 1 is 1.13 bits per heavy atom. The van der Waals surface area contributed by atoms with Crippen molar-refractivity contribution in [1.29, 1.82) is 0 Å². The molecule has 1 aliphatic rings. The number of ether oxygens (including phenoxy) is 3. The van der Waals surface area contributed by atoms with Gasteiger partial charge < -0.3 is 18.8 Å². The van der Waals surface area contributed by atoms with E-state index in [2.05, 4.69) is 4.99 Å². The van der Waals surface area contributed by atoms with Gasteiger partial charge in [-0.3, -0.25) is 14.0 Å². The third-order valence-corrected chi connectivity index (χ3v) is 6.32. The lowest BCUT2D eigenvalue weighted by Gasteiger charge is -2.18. The normalized spacial score (nSPS) is 15.7. The molecule has 0 N–H and O–H groups in total. The molecule has 1 saturated heterocycles. The van der Waals surface area contributed by atoms with Gasteiger partial charge in [0.05, 0.1) is 31.2 Å².